The molecule has 0 radical (unpaired) electrons. The molecule has 110 valence electrons. The van der Waals surface area contributed by atoms with Crippen LogP contribution in [-0.2, 0) is 20.3 Å². The van der Waals surface area contributed by atoms with Gasteiger partial charge in [0.15, 0.2) is 0 Å². The summed E-state index contributed by atoms with van der Waals surface area (Å²) in [7, 11) is 1.39. The van der Waals surface area contributed by atoms with E-state index in [-0.39, 0.29) is 6.61 Å². The van der Waals surface area contributed by atoms with Crippen LogP contribution in [0.4, 0.5) is 8.78 Å². The van der Waals surface area contributed by atoms with Gasteiger partial charge in [-0.05, 0) is 19.9 Å². The Labute approximate surface area is 123 Å². The highest BCUT2D eigenvalue weighted by molar-refractivity contribution is 9.10. The number of nitrogens with zero attached hydrogens (tertiary/aromatic N) is 1. The van der Waals surface area contributed by atoms with E-state index in [0.29, 0.717) is 15.7 Å². The molecule has 7 heteroatoms. The quantitative estimate of drug-likeness (QED) is 0.464. The number of oxime groups is 1. The predicted molar refractivity (Wildman–Crippen MR) is 73.9 cm³/mol. The van der Waals surface area contributed by atoms with Gasteiger partial charge in [0.1, 0.15) is 7.11 Å². The summed E-state index contributed by atoms with van der Waals surface area (Å²) in [5.41, 5.74) is 0.664. The third-order valence-corrected chi connectivity index (χ3v) is 3.14. The van der Waals surface area contributed by atoms with Crippen molar-refractivity contribution in [3.63, 3.8) is 0 Å². The van der Waals surface area contributed by atoms with Crippen molar-refractivity contribution in [3.05, 3.63) is 33.8 Å². The number of benzene rings is 1. The van der Waals surface area contributed by atoms with Crippen molar-refractivity contribution >= 4 is 27.6 Å². The molecule has 0 aromatic heterocycles. The highest BCUT2D eigenvalue weighted by atomic mass is 79.9. The molecule has 1 rings (SSSR count). The fraction of sp³-hybridized carbons (Fsp3) is 0.385. The number of hydrogen-bond acceptors (Lipinski definition) is 4. The molecule has 0 unspecified atom stereocenters. The van der Waals surface area contributed by atoms with Gasteiger partial charge in [0.2, 0.25) is 0 Å². The Morgan fingerprint density at radius 1 is 1.45 bits per heavy atom. The minimum atomic E-state index is -3.69. The van der Waals surface area contributed by atoms with Gasteiger partial charge >= 0.3 is 11.9 Å². The summed E-state index contributed by atoms with van der Waals surface area (Å²) in [6.07, 6.45) is 0. The molecular formula is C13H14BrF2NO3. The lowest BCUT2D eigenvalue weighted by molar-refractivity contribution is -0.173. The number of carbonyl (C=O) groups excluding carboxylic acids is 1. The molecule has 4 nitrogen and oxygen atoms in total. The van der Waals surface area contributed by atoms with Crippen molar-refractivity contribution in [1.29, 1.82) is 0 Å². The van der Waals surface area contributed by atoms with E-state index in [1.807, 2.05) is 0 Å². The van der Waals surface area contributed by atoms with Crippen molar-refractivity contribution in [1.82, 2.24) is 0 Å². The van der Waals surface area contributed by atoms with Gasteiger partial charge in [-0.1, -0.05) is 33.2 Å². The molecule has 1 aromatic carbocycles. The number of esters is 1. The first-order chi connectivity index (χ1) is 9.34. The number of halogens is 3. The lowest BCUT2D eigenvalue weighted by atomic mass is 10.0. The zero-order valence-electron chi connectivity index (χ0n) is 11.2. The van der Waals surface area contributed by atoms with E-state index in [0.717, 1.165) is 6.07 Å². The lowest BCUT2D eigenvalue weighted by Crippen LogP contribution is -2.28. The molecular weight excluding hydrogens is 336 g/mol. The first kappa shape index (κ1) is 16.6. The Bertz CT molecular complexity index is 532. The second-order valence-electron chi connectivity index (χ2n) is 3.85. The van der Waals surface area contributed by atoms with Crippen LogP contribution in [-0.4, -0.2) is 25.4 Å². The van der Waals surface area contributed by atoms with Crippen molar-refractivity contribution in [2.45, 2.75) is 19.8 Å². The minimum Gasteiger partial charge on any atom is -0.461 e. The molecule has 0 saturated carbocycles. The fourth-order valence-electron chi connectivity index (χ4n) is 1.53. The number of alkyl halides is 2. The maximum atomic E-state index is 13.8. The Kier molecular flexibility index (Phi) is 5.62. The summed E-state index contributed by atoms with van der Waals surface area (Å²) in [6, 6.07) is 3.76. The maximum absolute atomic E-state index is 13.8. The number of ether oxygens (including phenoxy) is 1. The Hall–Kier alpha value is -1.50. The predicted octanol–water partition coefficient (Wildman–Crippen LogP) is 3.47. The number of carbonyl (C=O) groups is 1. The highest BCUT2D eigenvalue weighted by Crippen LogP contribution is 2.32. The average molecular weight is 350 g/mol. The van der Waals surface area contributed by atoms with E-state index in [4.69, 9.17) is 0 Å². The largest absolute Gasteiger partial charge is 0.461 e. The van der Waals surface area contributed by atoms with Gasteiger partial charge in [0.25, 0.3) is 0 Å². The van der Waals surface area contributed by atoms with Gasteiger partial charge in [0, 0.05) is 15.6 Å². The summed E-state index contributed by atoms with van der Waals surface area (Å²) in [5.74, 6) is -5.26. The van der Waals surface area contributed by atoms with Gasteiger partial charge < -0.3 is 9.57 Å². The molecule has 0 saturated heterocycles. The van der Waals surface area contributed by atoms with Crippen LogP contribution in [0.1, 0.15) is 25.0 Å². The average Bonchev–Trinajstić information content (AvgIpc) is 2.38. The van der Waals surface area contributed by atoms with Crippen molar-refractivity contribution < 1.29 is 23.1 Å². The third kappa shape index (κ3) is 3.53. The van der Waals surface area contributed by atoms with E-state index in [1.165, 1.54) is 26.2 Å². The van der Waals surface area contributed by atoms with Crippen LogP contribution in [0.3, 0.4) is 0 Å². The summed E-state index contributed by atoms with van der Waals surface area (Å²) in [6.45, 7) is 3.04. The Balaban J connectivity index is 3.15. The van der Waals surface area contributed by atoms with E-state index < -0.39 is 17.5 Å². The molecule has 0 fully saturated rings. The molecule has 0 heterocycles. The second kappa shape index (κ2) is 6.78. The van der Waals surface area contributed by atoms with Gasteiger partial charge in [0.05, 0.1) is 12.3 Å². The molecule has 0 atom stereocenters. The van der Waals surface area contributed by atoms with Crippen LogP contribution in [0.5, 0.6) is 0 Å². The SMILES string of the molecule is CCOC(=O)C(F)(F)c1ccc(/C(C)=N/OC)c(Br)c1. The van der Waals surface area contributed by atoms with Crippen LogP contribution in [0.25, 0.3) is 0 Å². The zero-order valence-corrected chi connectivity index (χ0v) is 12.8. The first-order valence-corrected chi connectivity index (χ1v) is 6.57. The fourth-order valence-corrected chi connectivity index (χ4v) is 2.20. The van der Waals surface area contributed by atoms with Gasteiger partial charge in [-0.3, -0.25) is 0 Å². The number of rotatable bonds is 5. The van der Waals surface area contributed by atoms with E-state index in [9.17, 15) is 13.6 Å². The van der Waals surface area contributed by atoms with E-state index in [1.54, 1.807) is 6.92 Å². The third-order valence-electron chi connectivity index (χ3n) is 2.48. The summed E-state index contributed by atoms with van der Waals surface area (Å²) >= 11 is 3.18. The number of hydrogen-bond donors (Lipinski definition) is 0. The summed E-state index contributed by atoms with van der Waals surface area (Å²) < 4.78 is 32.4. The van der Waals surface area contributed by atoms with Crippen LogP contribution in [0.2, 0.25) is 0 Å². The zero-order chi connectivity index (χ0) is 15.3. The summed E-state index contributed by atoms with van der Waals surface area (Å²) in [5, 5.41) is 3.72. The van der Waals surface area contributed by atoms with E-state index >= 15 is 0 Å². The van der Waals surface area contributed by atoms with E-state index in [2.05, 4.69) is 30.7 Å². The topological polar surface area (TPSA) is 47.9 Å². The summed E-state index contributed by atoms with van der Waals surface area (Å²) in [4.78, 5) is 15.9. The molecule has 0 spiro atoms. The molecule has 0 bridgehead atoms. The first-order valence-electron chi connectivity index (χ1n) is 5.77. The monoisotopic (exact) mass is 349 g/mol. The smallest absolute Gasteiger partial charge is 0.381 e. The van der Waals surface area contributed by atoms with Crippen molar-refractivity contribution in [2.75, 3.05) is 13.7 Å². The normalized spacial score (nSPS) is 12.2. The van der Waals surface area contributed by atoms with Crippen LogP contribution in [0.15, 0.2) is 27.8 Å². The molecule has 1 aromatic rings. The Morgan fingerprint density at radius 3 is 2.60 bits per heavy atom. The molecule has 0 aliphatic heterocycles. The molecule has 0 aliphatic carbocycles. The molecule has 0 amide bonds. The van der Waals surface area contributed by atoms with Gasteiger partial charge in [-0.25, -0.2) is 4.79 Å². The molecule has 0 N–H and O–H groups in total. The highest BCUT2D eigenvalue weighted by Gasteiger charge is 2.42. The van der Waals surface area contributed by atoms with Crippen LogP contribution >= 0.6 is 15.9 Å². The van der Waals surface area contributed by atoms with Gasteiger partial charge in [-0.2, -0.15) is 8.78 Å². The Morgan fingerprint density at radius 2 is 2.10 bits per heavy atom. The van der Waals surface area contributed by atoms with Gasteiger partial charge in [-0.15, -0.1) is 0 Å². The van der Waals surface area contributed by atoms with Crippen molar-refractivity contribution in [3.8, 4) is 0 Å². The molecule has 0 aliphatic rings. The van der Waals surface area contributed by atoms with Crippen molar-refractivity contribution in [2.24, 2.45) is 5.16 Å². The standard InChI is InChI=1S/C13H14BrF2NO3/c1-4-20-12(18)13(15,16)9-5-6-10(11(14)7-9)8(2)17-19-3/h5-7H,4H2,1-3H3/b17-8+. The molecule has 20 heavy (non-hydrogen) atoms. The maximum Gasteiger partial charge on any atom is 0.381 e. The minimum absolute atomic E-state index is 0.104. The lowest BCUT2D eigenvalue weighted by Gasteiger charge is -2.16. The second-order valence-corrected chi connectivity index (χ2v) is 4.70. The van der Waals surface area contributed by atoms with Crippen LogP contribution < -0.4 is 0 Å². The van der Waals surface area contributed by atoms with Crippen LogP contribution in [0, 0.1) is 0 Å².